The number of urea groups is 1. The summed E-state index contributed by atoms with van der Waals surface area (Å²) in [7, 11) is 1.72. The number of nitrogens with zero attached hydrogens (tertiary/aromatic N) is 4. The number of aromatic nitrogens is 1. The highest BCUT2D eigenvalue weighted by atomic mass is 16.4. The normalized spacial score (nSPS) is 18.9. The Kier molecular flexibility index (Phi) is 6.90. The van der Waals surface area contributed by atoms with Gasteiger partial charge in [-0.1, -0.05) is 18.2 Å². The molecular formula is C23H26N6O7. The summed E-state index contributed by atoms with van der Waals surface area (Å²) in [5, 5.41) is 15.3. The number of amides is 5. The number of rotatable bonds is 7. The van der Waals surface area contributed by atoms with Crippen molar-refractivity contribution in [3.05, 3.63) is 36.0 Å². The van der Waals surface area contributed by atoms with Gasteiger partial charge in [0.25, 0.3) is 5.91 Å². The average molecular weight is 498 g/mol. The number of nitrogens with one attached hydrogen (secondary N) is 2. The van der Waals surface area contributed by atoms with E-state index in [1.165, 1.54) is 5.01 Å². The SMILES string of the molecule is Cn1c(C(=O)NN2CCC(=O)N3CCC[C@@H](C(=O)N[C@H](C=O)CC(=O)O)N3C2=O)cc2ccccc21. The van der Waals surface area contributed by atoms with Crippen LogP contribution in [0.2, 0.25) is 0 Å². The molecule has 13 heteroatoms. The molecule has 36 heavy (non-hydrogen) atoms. The highest BCUT2D eigenvalue weighted by Crippen LogP contribution is 2.24. The maximum absolute atomic E-state index is 13.5. The number of aliphatic carboxylic acids is 1. The van der Waals surface area contributed by atoms with Crippen LogP contribution >= 0.6 is 0 Å². The van der Waals surface area contributed by atoms with E-state index < -0.39 is 48.2 Å². The van der Waals surface area contributed by atoms with E-state index in [0.29, 0.717) is 18.4 Å². The van der Waals surface area contributed by atoms with Crippen LogP contribution in [0, 0.1) is 0 Å². The first-order valence-electron chi connectivity index (χ1n) is 11.4. The number of carboxylic acid groups (broad SMARTS) is 1. The van der Waals surface area contributed by atoms with Gasteiger partial charge in [0.15, 0.2) is 0 Å². The summed E-state index contributed by atoms with van der Waals surface area (Å²) >= 11 is 0. The van der Waals surface area contributed by atoms with Crippen LogP contribution in [-0.2, 0) is 26.2 Å². The standard InChI is InChI=1S/C23H26N6O7/c1-26-16-6-3-2-5-14(16)11-18(26)22(35)25-27-10-8-19(31)28-9-4-7-17(29(28)23(27)36)21(34)24-15(13-30)12-20(32)33/h2-3,5-6,11,13,15,17H,4,7-10,12H2,1H3,(H,24,34)(H,25,35)(H,32,33)/t15-,17-/m0/s1. The molecule has 5 amide bonds. The Morgan fingerprint density at radius 1 is 1.19 bits per heavy atom. The molecule has 0 saturated carbocycles. The number of carbonyl (C=O) groups is 6. The van der Waals surface area contributed by atoms with E-state index in [0.717, 1.165) is 20.9 Å². The quantitative estimate of drug-likeness (QED) is 0.453. The lowest BCUT2D eigenvalue weighted by Gasteiger charge is -2.42. The maximum atomic E-state index is 13.5. The smallest absolute Gasteiger partial charge is 0.358 e. The second kappa shape index (κ2) is 10.1. The summed E-state index contributed by atoms with van der Waals surface area (Å²) in [5.74, 6) is -3.01. The number of para-hydroxylation sites is 1. The minimum absolute atomic E-state index is 0.0814. The van der Waals surface area contributed by atoms with Gasteiger partial charge in [0.2, 0.25) is 11.8 Å². The molecule has 3 heterocycles. The molecule has 190 valence electrons. The Morgan fingerprint density at radius 3 is 2.64 bits per heavy atom. The summed E-state index contributed by atoms with van der Waals surface area (Å²) in [6, 6.07) is 5.84. The van der Waals surface area contributed by atoms with Crippen molar-refractivity contribution in [2.75, 3.05) is 13.1 Å². The Balaban J connectivity index is 1.56. The van der Waals surface area contributed by atoms with Crippen molar-refractivity contribution in [2.24, 2.45) is 7.05 Å². The third-order valence-corrected chi connectivity index (χ3v) is 6.28. The first kappa shape index (κ1) is 24.7. The largest absolute Gasteiger partial charge is 0.481 e. The molecule has 0 bridgehead atoms. The Bertz CT molecular complexity index is 1240. The van der Waals surface area contributed by atoms with E-state index in [1.54, 1.807) is 17.7 Å². The lowest BCUT2D eigenvalue weighted by Crippen LogP contribution is -2.64. The second-order valence-corrected chi connectivity index (χ2v) is 8.64. The third-order valence-electron chi connectivity index (χ3n) is 6.28. The Hall–Kier alpha value is -4.42. The number of hydrogen-bond donors (Lipinski definition) is 3. The zero-order chi connectivity index (χ0) is 26.0. The van der Waals surface area contributed by atoms with E-state index in [4.69, 9.17) is 5.11 Å². The van der Waals surface area contributed by atoms with Crippen molar-refractivity contribution in [1.82, 2.24) is 30.3 Å². The summed E-state index contributed by atoms with van der Waals surface area (Å²) < 4.78 is 1.68. The van der Waals surface area contributed by atoms with Crippen LogP contribution in [0.3, 0.4) is 0 Å². The molecule has 1 aromatic heterocycles. The fraction of sp³-hybridized carbons (Fsp3) is 0.391. The van der Waals surface area contributed by atoms with Crippen molar-refractivity contribution in [1.29, 1.82) is 0 Å². The Labute approximate surface area is 205 Å². The van der Waals surface area contributed by atoms with Crippen LogP contribution in [0.15, 0.2) is 30.3 Å². The van der Waals surface area contributed by atoms with Gasteiger partial charge in [-0.05, 0) is 25.0 Å². The molecule has 2 fully saturated rings. The van der Waals surface area contributed by atoms with Gasteiger partial charge in [-0.2, -0.15) is 0 Å². The third kappa shape index (κ3) is 4.72. The fourth-order valence-electron chi connectivity index (χ4n) is 4.50. The van der Waals surface area contributed by atoms with Crippen molar-refractivity contribution in [3.8, 4) is 0 Å². The lowest BCUT2D eigenvalue weighted by atomic mass is 10.1. The van der Waals surface area contributed by atoms with Gasteiger partial charge in [-0.3, -0.25) is 24.6 Å². The minimum atomic E-state index is -1.29. The van der Waals surface area contributed by atoms with E-state index >= 15 is 0 Å². The van der Waals surface area contributed by atoms with Gasteiger partial charge in [0, 0.05) is 30.9 Å². The molecule has 13 nitrogen and oxygen atoms in total. The number of aryl methyl sites for hydroxylation is 1. The summed E-state index contributed by atoms with van der Waals surface area (Å²) in [5.41, 5.74) is 3.68. The molecule has 2 aliphatic rings. The van der Waals surface area contributed by atoms with E-state index in [9.17, 15) is 28.8 Å². The number of aldehydes is 1. The average Bonchev–Trinajstić information content (AvgIpc) is 3.15. The van der Waals surface area contributed by atoms with Gasteiger partial charge in [-0.25, -0.2) is 19.8 Å². The molecule has 2 saturated heterocycles. The molecule has 2 atom stereocenters. The Morgan fingerprint density at radius 2 is 1.94 bits per heavy atom. The number of carboxylic acids is 1. The molecule has 3 N–H and O–H groups in total. The van der Waals surface area contributed by atoms with Crippen molar-refractivity contribution < 1.29 is 33.9 Å². The van der Waals surface area contributed by atoms with Crippen molar-refractivity contribution in [3.63, 3.8) is 0 Å². The van der Waals surface area contributed by atoms with Crippen LogP contribution < -0.4 is 10.7 Å². The molecule has 4 rings (SSSR count). The van der Waals surface area contributed by atoms with Crippen molar-refractivity contribution >= 4 is 46.9 Å². The number of hydrogen-bond acceptors (Lipinski definition) is 6. The molecule has 0 spiro atoms. The lowest BCUT2D eigenvalue weighted by molar-refractivity contribution is -0.155. The first-order valence-corrected chi connectivity index (χ1v) is 11.4. The van der Waals surface area contributed by atoms with Crippen LogP contribution in [-0.4, -0.2) is 85.9 Å². The van der Waals surface area contributed by atoms with Crippen molar-refractivity contribution in [2.45, 2.75) is 37.8 Å². The topological polar surface area (TPSA) is 161 Å². The van der Waals surface area contributed by atoms with E-state index in [2.05, 4.69) is 10.7 Å². The highest BCUT2D eigenvalue weighted by Gasteiger charge is 2.44. The molecule has 0 radical (unpaired) electrons. The molecule has 2 aromatic rings. The number of fused-ring (bicyclic) bond motifs is 2. The number of hydrazine groups is 2. The van der Waals surface area contributed by atoms with E-state index in [-0.39, 0.29) is 25.9 Å². The maximum Gasteiger partial charge on any atom is 0.358 e. The van der Waals surface area contributed by atoms with Gasteiger partial charge in [0.1, 0.15) is 18.0 Å². The molecule has 0 unspecified atom stereocenters. The number of benzene rings is 1. The minimum Gasteiger partial charge on any atom is -0.481 e. The predicted octanol–water partition coefficient (Wildman–Crippen LogP) is 0.0152. The van der Waals surface area contributed by atoms with E-state index in [1.807, 2.05) is 24.3 Å². The van der Waals surface area contributed by atoms with Crippen LogP contribution in [0.4, 0.5) is 4.79 Å². The zero-order valence-corrected chi connectivity index (χ0v) is 19.5. The van der Waals surface area contributed by atoms with Crippen LogP contribution in [0.25, 0.3) is 10.9 Å². The second-order valence-electron chi connectivity index (χ2n) is 8.64. The molecule has 2 aliphatic heterocycles. The van der Waals surface area contributed by atoms with Gasteiger partial charge in [0.05, 0.1) is 19.0 Å². The molecule has 0 aliphatic carbocycles. The van der Waals surface area contributed by atoms with Crippen LogP contribution in [0.5, 0.6) is 0 Å². The first-order chi connectivity index (χ1) is 17.2. The zero-order valence-electron chi connectivity index (χ0n) is 19.5. The number of carbonyl (C=O) groups excluding carboxylic acids is 5. The monoisotopic (exact) mass is 498 g/mol. The molecular weight excluding hydrogens is 472 g/mol. The van der Waals surface area contributed by atoms with Gasteiger partial charge in [-0.15, -0.1) is 0 Å². The summed E-state index contributed by atoms with van der Waals surface area (Å²) in [6.45, 7) is 0.0935. The molecule has 1 aromatic carbocycles. The predicted molar refractivity (Wildman–Crippen MR) is 124 cm³/mol. The fourth-order valence-corrected chi connectivity index (χ4v) is 4.50. The van der Waals surface area contributed by atoms with Gasteiger partial charge < -0.3 is 19.8 Å². The highest BCUT2D eigenvalue weighted by molar-refractivity contribution is 6.00. The van der Waals surface area contributed by atoms with Gasteiger partial charge >= 0.3 is 12.0 Å². The summed E-state index contributed by atoms with van der Waals surface area (Å²) in [6.07, 6.45) is 0.206. The van der Waals surface area contributed by atoms with Crippen LogP contribution in [0.1, 0.15) is 36.2 Å². The summed E-state index contributed by atoms with van der Waals surface area (Å²) in [4.78, 5) is 74.5.